The minimum absolute atomic E-state index is 0.134. The highest BCUT2D eigenvalue weighted by atomic mass is 16.6. The first kappa shape index (κ1) is 16.5. The molecule has 1 aromatic carbocycles. The maximum Gasteiger partial charge on any atom is 0.417 e. The van der Waals surface area contributed by atoms with Gasteiger partial charge in [-0.3, -0.25) is 4.79 Å². The van der Waals surface area contributed by atoms with E-state index in [0.29, 0.717) is 18.8 Å². The molecule has 22 heavy (non-hydrogen) atoms. The first-order valence-corrected chi connectivity index (χ1v) is 7.90. The molecule has 1 aliphatic heterocycles. The fraction of sp³-hybridized carbons (Fsp3) is 0.556. The largest absolute Gasteiger partial charge is 0.441 e. The molecule has 0 aromatic heterocycles. The van der Waals surface area contributed by atoms with E-state index in [1.54, 1.807) is 0 Å². The van der Waals surface area contributed by atoms with Crippen LogP contribution in [0.1, 0.15) is 46.1 Å². The van der Waals surface area contributed by atoms with Crippen LogP contribution in [0.15, 0.2) is 30.3 Å². The molecule has 0 bridgehead atoms. The van der Waals surface area contributed by atoms with Gasteiger partial charge in [-0.05, 0) is 38.2 Å². The molecule has 0 radical (unpaired) electrons. The maximum atomic E-state index is 12.5. The number of amides is 2. The van der Waals surface area contributed by atoms with Gasteiger partial charge in [0.15, 0.2) is 0 Å². The van der Waals surface area contributed by atoms with Gasteiger partial charge in [0.05, 0.1) is 6.04 Å². The highest BCUT2D eigenvalue weighted by Gasteiger charge is 2.50. The van der Waals surface area contributed by atoms with Crippen LogP contribution >= 0.6 is 0 Å². The highest BCUT2D eigenvalue weighted by Crippen LogP contribution is 2.32. The van der Waals surface area contributed by atoms with E-state index in [1.807, 2.05) is 44.2 Å². The standard InChI is InChI=1S/C18H25NO3/c1-13(2)10-11-16(20)19-15(18(3,4)22-17(19)21)12-14-8-6-5-7-9-14/h5-9,13,15H,10-12H2,1-4H3/t15-/m0/s1. The van der Waals surface area contributed by atoms with E-state index in [9.17, 15) is 9.59 Å². The van der Waals surface area contributed by atoms with Crippen molar-refractivity contribution in [2.24, 2.45) is 5.92 Å². The zero-order chi connectivity index (χ0) is 16.3. The van der Waals surface area contributed by atoms with E-state index in [0.717, 1.165) is 12.0 Å². The van der Waals surface area contributed by atoms with Gasteiger partial charge in [0.25, 0.3) is 0 Å². The van der Waals surface area contributed by atoms with Crippen molar-refractivity contribution in [1.82, 2.24) is 4.90 Å². The van der Waals surface area contributed by atoms with Crippen LogP contribution in [0.25, 0.3) is 0 Å². The van der Waals surface area contributed by atoms with Crippen LogP contribution in [-0.4, -0.2) is 28.5 Å². The molecule has 1 saturated heterocycles. The predicted octanol–water partition coefficient (Wildman–Crippen LogP) is 3.79. The van der Waals surface area contributed by atoms with E-state index < -0.39 is 11.7 Å². The Morgan fingerprint density at radius 1 is 1.27 bits per heavy atom. The van der Waals surface area contributed by atoms with Gasteiger partial charge in [0.2, 0.25) is 5.91 Å². The molecule has 2 amide bonds. The summed E-state index contributed by atoms with van der Waals surface area (Å²) in [5, 5.41) is 0. The minimum Gasteiger partial charge on any atom is -0.441 e. The second-order valence-corrected chi connectivity index (χ2v) is 6.87. The van der Waals surface area contributed by atoms with Crippen LogP contribution in [0.2, 0.25) is 0 Å². The van der Waals surface area contributed by atoms with E-state index in [2.05, 4.69) is 13.8 Å². The fourth-order valence-electron chi connectivity index (χ4n) is 2.76. The third-order valence-corrected chi connectivity index (χ3v) is 4.14. The molecule has 1 aromatic rings. The smallest absolute Gasteiger partial charge is 0.417 e. The monoisotopic (exact) mass is 303 g/mol. The predicted molar refractivity (Wildman–Crippen MR) is 85.4 cm³/mol. The molecule has 4 nitrogen and oxygen atoms in total. The van der Waals surface area contributed by atoms with Gasteiger partial charge in [-0.1, -0.05) is 44.2 Å². The van der Waals surface area contributed by atoms with Crippen LogP contribution in [0.4, 0.5) is 4.79 Å². The van der Waals surface area contributed by atoms with Gasteiger partial charge < -0.3 is 4.74 Å². The third kappa shape index (κ3) is 3.67. The van der Waals surface area contributed by atoms with Crippen molar-refractivity contribution in [1.29, 1.82) is 0 Å². The van der Waals surface area contributed by atoms with Crippen molar-refractivity contribution < 1.29 is 14.3 Å². The summed E-state index contributed by atoms with van der Waals surface area (Å²) in [5.41, 5.74) is 0.431. The molecule has 1 heterocycles. The number of carbonyl (C=O) groups is 2. The van der Waals surface area contributed by atoms with Crippen molar-refractivity contribution in [3.8, 4) is 0 Å². The lowest BCUT2D eigenvalue weighted by molar-refractivity contribution is -0.129. The minimum atomic E-state index is -0.666. The summed E-state index contributed by atoms with van der Waals surface area (Å²) >= 11 is 0. The average Bonchev–Trinajstić information content (AvgIpc) is 2.66. The Hall–Kier alpha value is -1.84. The number of rotatable bonds is 5. The normalized spacial score (nSPS) is 20.3. The molecular weight excluding hydrogens is 278 g/mol. The Labute approximate surface area is 132 Å². The number of hydrogen-bond donors (Lipinski definition) is 0. The van der Waals surface area contributed by atoms with Gasteiger partial charge in [0, 0.05) is 6.42 Å². The van der Waals surface area contributed by atoms with Crippen LogP contribution in [0, 0.1) is 5.92 Å². The zero-order valence-electron chi connectivity index (χ0n) is 13.8. The Morgan fingerprint density at radius 2 is 1.91 bits per heavy atom. The average molecular weight is 303 g/mol. The third-order valence-electron chi connectivity index (χ3n) is 4.14. The number of nitrogens with zero attached hydrogens (tertiary/aromatic N) is 1. The van der Waals surface area contributed by atoms with Gasteiger partial charge >= 0.3 is 6.09 Å². The number of imide groups is 1. The van der Waals surface area contributed by atoms with E-state index in [4.69, 9.17) is 4.74 Å². The molecule has 4 heteroatoms. The van der Waals surface area contributed by atoms with Crippen molar-refractivity contribution in [2.75, 3.05) is 0 Å². The van der Waals surface area contributed by atoms with Gasteiger partial charge in [-0.25, -0.2) is 9.69 Å². The number of hydrogen-bond acceptors (Lipinski definition) is 3. The van der Waals surface area contributed by atoms with Gasteiger partial charge in [-0.2, -0.15) is 0 Å². The number of benzene rings is 1. The summed E-state index contributed by atoms with van der Waals surface area (Å²) in [4.78, 5) is 26.0. The van der Waals surface area contributed by atoms with E-state index in [1.165, 1.54) is 4.90 Å². The first-order chi connectivity index (χ1) is 10.3. The van der Waals surface area contributed by atoms with Crippen molar-refractivity contribution in [2.45, 2.75) is 58.6 Å². The van der Waals surface area contributed by atoms with Gasteiger partial charge in [-0.15, -0.1) is 0 Å². The zero-order valence-corrected chi connectivity index (χ0v) is 13.8. The SMILES string of the molecule is CC(C)CCC(=O)N1C(=O)OC(C)(C)[C@@H]1Cc1ccccc1. The summed E-state index contributed by atoms with van der Waals surface area (Å²) in [6, 6.07) is 9.64. The fourth-order valence-corrected chi connectivity index (χ4v) is 2.76. The molecule has 1 aliphatic rings. The van der Waals surface area contributed by atoms with Crippen LogP contribution < -0.4 is 0 Å². The molecule has 2 rings (SSSR count). The molecule has 0 unspecified atom stereocenters. The Morgan fingerprint density at radius 3 is 2.50 bits per heavy atom. The quantitative estimate of drug-likeness (QED) is 0.831. The lowest BCUT2D eigenvalue weighted by Gasteiger charge is -2.28. The number of ether oxygens (including phenoxy) is 1. The molecule has 0 saturated carbocycles. The lowest BCUT2D eigenvalue weighted by atomic mass is 9.92. The van der Waals surface area contributed by atoms with Crippen molar-refractivity contribution in [3.05, 3.63) is 35.9 Å². The summed E-state index contributed by atoms with van der Waals surface area (Å²) in [6.07, 6.45) is 1.27. The summed E-state index contributed by atoms with van der Waals surface area (Å²) in [5.74, 6) is 0.299. The molecule has 0 spiro atoms. The second kappa shape index (κ2) is 6.51. The summed E-state index contributed by atoms with van der Waals surface area (Å²) < 4.78 is 5.44. The Bertz CT molecular complexity index is 537. The molecule has 0 aliphatic carbocycles. The Balaban J connectivity index is 2.18. The lowest BCUT2D eigenvalue weighted by Crippen LogP contribution is -2.46. The van der Waals surface area contributed by atoms with E-state index in [-0.39, 0.29) is 11.9 Å². The van der Waals surface area contributed by atoms with Crippen molar-refractivity contribution >= 4 is 12.0 Å². The molecule has 120 valence electrons. The van der Waals surface area contributed by atoms with Gasteiger partial charge in [0.1, 0.15) is 5.60 Å². The number of cyclic esters (lactones) is 1. The summed E-state index contributed by atoms with van der Waals surface area (Å²) in [7, 11) is 0. The van der Waals surface area contributed by atoms with Crippen molar-refractivity contribution in [3.63, 3.8) is 0 Å². The van der Waals surface area contributed by atoms with E-state index >= 15 is 0 Å². The summed E-state index contributed by atoms with van der Waals surface area (Å²) in [6.45, 7) is 7.88. The molecule has 1 fully saturated rings. The topological polar surface area (TPSA) is 46.6 Å². The maximum absolute atomic E-state index is 12.5. The molecular formula is C18H25NO3. The highest BCUT2D eigenvalue weighted by molar-refractivity contribution is 5.94. The Kier molecular flexibility index (Phi) is 4.89. The second-order valence-electron chi connectivity index (χ2n) is 6.87. The van der Waals surface area contributed by atoms with Crippen LogP contribution in [0.5, 0.6) is 0 Å². The molecule has 0 N–H and O–H groups in total. The van der Waals surface area contributed by atoms with Crippen LogP contribution in [-0.2, 0) is 16.0 Å². The van der Waals surface area contributed by atoms with Crippen LogP contribution in [0.3, 0.4) is 0 Å². The number of carbonyl (C=O) groups excluding carboxylic acids is 2. The first-order valence-electron chi connectivity index (χ1n) is 7.90. The molecule has 1 atom stereocenters.